The van der Waals surface area contributed by atoms with Crippen LogP contribution in [0.1, 0.15) is 67.7 Å². The molecular weight excluding hydrogens is 224 g/mol. The molecule has 3 nitrogen and oxygen atoms in total. The van der Waals surface area contributed by atoms with Gasteiger partial charge < -0.3 is 0 Å². The summed E-state index contributed by atoms with van der Waals surface area (Å²) in [6.07, 6.45) is 2.98. The van der Waals surface area contributed by atoms with E-state index in [0.29, 0.717) is 5.92 Å². The number of nitrogens with one attached hydrogen (secondary N) is 1. The van der Waals surface area contributed by atoms with Gasteiger partial charge in [-0.15, -0.1) is 0 Å². The lowest BCUT2D eigenvalue weighted by Gasteiger charge is -2.39. The topological polar surface area (TPSA) is 55.1 Å². The Hall–Kier alpha value is -0.570. The minimum absolute atomic E-state index is 0.0237. The fourth-order valence-corrected chi connectivity index (χ4v) is 2.72. The van der Waals surface area contributed by atoms with Gasteiger partial charge in [-0.1, -0.05) is 54.9 Å². The predicted octanol–water partition coefficient (Wildman–Crippen LogP) is 3.49. The Morgan fingerprint density at radius 2 is 1.67 bits per heavy atom. The molecule has 1 atom stereocenters. The van der Waals surface area contributed by atoms with Crippen molar-refractivity contribution in [2.75, 3.05) is 0 Å². The minimum atomic E-state index is -0.0279. The molecule has 0 aliphatic rings. The van der Waals surface area contributed by atoms with Crippen LogP contribution in [0.3, 0.4) is 0 Å². The van der Waals surface area contributed by atoms with Crippen LogP contribution in [0.2, 0.25) is 0 Å². The highest BCUT2D eigenvalue weighted by Crippen LogP contribution is 2.41. The first-order chi connectivity index (χ1) is 8.05. The minimum Gasteiger partial charge on any atom is -0.294 e. The number of rotatable bonds is 7. The summed E-state index contributed by atoms with van der Waals surface area (Å²) in [5, 5.41) is 0. The van der Waals surface area contributed by atoms with E-state index in [4.69, 9.17) is 5.84 Å². The van der Waals surface area contributed by atoms with Gasteiger partial charge in [-0.25, -0.2) is 5.84 Å². The van der Waals surface area contributed by atoms with E-state index in [1.807, 2.05) is 0 Å². The van der Waals surface area contributed by atoms with Crippen LogP contribution in [0, 0.1) is 22.7 Å². The molecule has 108 valence electrons. The third kappa shape index (κ3) is 5.38. The van der Waals surface area contributed by atoms with Gasteiger partial charge in [0.15, 0.2) is 0 Å². The fourth-order valence-electron chi connectivity index (χ4n) is 2.72. The molecule has 3 heteroatoms. The standard InChI is InChI=1S/C15H32N2O/c1-8-14(4,5)10-12(13(18)17-16)15(6,7)9-11(2)3/h11-12H,8-10,16H2,1-7H3,(H,17,18). The van der Waals surface area contributed by atoms with Gasteiger partial charge in [-0.05, 0) is 29.6 Å². The van der Waals surface area contributed by atoms with Gasteiger partial charge in [0.2, 0.25) is 5.91 Å². The zero-order valence-corrected chi connectivity index (χ0v) is 13.3. The lowest BCUT2D eigenvalue weighted by molar-refractivity contribution is -0.130. The van der Waals surface area contributed by atoms with E-state index in [1.54, 1.807) is 0 Å². The van der Waals surface area contributed by atoms with Crippen LogP contribution in [0.4, 0.5) is 0 Å². The van der Waals surface area contributed by atoms with Crippen molar-refractivity contribution >= 4 is 5.91 Å². The second kappa shape index (κ2) is 6.55. The van der Waals surface area contributed by atoms with Gasteiger partial charge in [0.05, 0.1) is 0 Å². The van der Waals surface area contributed by atoms with Crippen molar-refractivity contribution in [1.82, 2.24) is 5.43 Å². The lowest BCUT2D eigenvalue weighted by Crippen LogP contribution is -2.44. The van der Waals surface area contributed by atoms with Crippen LogP contribution in [-0.2, 0) is 4.79 Å². The Kier molecular flexibility index (Phi) is 6.35. The Balaban J connectivity index is 5.05. The molecule has 1 unspecified atom stereocenters. The Bertz CT molecular complexity index is 270. The molecule has 0 aliphatic carbocycles. The Morgan fingerprint density at radius 1 is 1.17 bits per heavy atom. The Labute approximate surface area is 113 Å². The maximum atomic E-state index is 12.1. The Morgan fingerprint density at radius 3 is 2.00 bits per heavy atom. The molecule has 0 bridgehead atoms. The first-order valence-corrected chi connectivity index (χ1v) is 7.06. The molecule has 0 aliphatic heterocycles. The van der Waals surface area contributed by atoms with Crippen molar-refractivity contribution in [2.45, 2.75) is 67.7 Å². The number of carbonyl (C=O) groups is 1. The van der Waals surface area contributed by atoms with Crippen LogP contribution >= 0.6 is 0 Å². The first-order valence-electron chi connectivity index (χ1n) is 7.06. The van der Waals surface area contributed by atoms with Crippen molar-refractivity contribution in [3.8, 4) is 0 Å². The van der Waals surface area contributed by atoms with Crippen LogP contribution in [0.25, 0.3) is 0 Å². The summed E-state index contributed by atoms with van der Waals surface area (Å²) in [6, 6.07) is 0. The molecule has 0 radical (unpaired) electrons. The maximum absolute atomic E-state index is 12.1. The number of hydrogen-bond acceptors (Lipinski definition) is 2. The largest absolute Gasteiger partial charge is 0.294 e. The summed E-state index contributed by atoms with van der Waals surface area (Å²) >= 11 is 0. The number of hydrogen-bond donors (Lipinski definition) is 2. The molecular formula is C15H32N2O. The molecule has 0 saturated carbocycles. The van der Waals surface area contributed by atoms with Crippen molar-refractivity contribution in [3.63, 3.8) is 0 Å². The number of amides is 1. The van der Waals surface area contributed by atoms with Gasteiger partial charge in [-0.2, -0.15) is 0 Å². The zero-order chi connectivity index (χ0) is 14.6. The summed E-state index contributed by atoms with van der Waals surface area (Å²) in [7, 11) is 0. The molecule has 0 heterocycles. The van der Waals surface area contributed by atoms with E-state index in [2.05, 4.69) is 53.9 Å². The van der Waals surface area contributed by atoms with E-state index in [1.165, 1.54) is 0 Å². The van der Waals surface area contributed by atoms with Crippen molar-refractivity contribution in [2.24, 2.45) is 28.5 Å². The van der Waals surface area contributed by atoms with Crippen LogP contribution in [-0.4, -0.2) is 5.91 Å². The fraction of sp³-hybridized carbons (Fsp3) is 0.933. The van der Waals surface area contributed by atoms with Gasteiger partial charge in [-0.3, -0.25) is 10.2 Å². The van der Waals surface area contributed by atoms with Gasteiger partial charge in [0.1, 0.15) is 0 Å². The molecule has 3 N–H and O–H groups in total. The predicted molar refractivity (Wildman–Crippen MR) is 77.7 cm³/mol. The van der Waals surface area contributed by atoms with Gasteiger partial charge in [0, 0.05) is 5.92 Å². The smallest absolute Gasteiger partial charge is 0.237 e. The number of carbonyl (C=O) groups excluding carboxylic acids is 1. The van der Waals surface area contributed by atoms with Crippen molar-refractivity contribution in [1.29, 1.82) is 0 Å². The monoisotopic (exact) mass is 256 g/mol. The first kappa shape index (κ1) is 17.4. The number of nitrogens with two attached hydrogens (primary N) is 1. The molecule has 0 aromatic rings. The maximum Gasteiger partial charge on any atom is 0.237 e. The van der Waals surface area contributed by atoms with E-state index in [-0.39, 0.29) is 22.7 Å². The molecule has 18 heavy (non-hydrogen) atoms. The normalized spacial score (nSPS) is 14.7. The SMILES string of the molecule is CCC(C)(C)CC(C(=O)NN)C(C)(C)CC(C)C. The molecule has 0 saturated heterocycles. The highest BCUT2D eigenvalue weighted by Gasteiger charge is 2.38. The third-order valence-electron chi connectivity index (χ3n) is 4.05. The second-order valence-electron chi connectivity index (χ2n) is 7.37. The van der Waals surface area contributed by atoms with Gasteiger partial charge in [0.25, 0.3) is 0 Å². The lowest BCUT2D eigenvalue weighted by atomic mass is 9.66. The van der Waals surface area contributed by atoms with E-state index >= 15 is 0 Å². The van der Waals surface area contributed by atoms with Crippen LogP contribution in [0.5, 0.6) is 0 Å². The average molecular weight is 256 g/mol. The number of hydrazine groups is 1. The molecule has 0 rings (SSSR count). The summed E-state index contributed by atoms with van der Waals surface area (Å²) in [4.78, 5) is 12.1. The van der Waals surface area contributed by atoms with Gasteiger partial charge >= 0.3 is 0 Å². The van der Waals surface area contributed by atoms with E-state index < -0.39 is 0 Å². The highest BCUT2D eigenvalue weighted by atomic mass is 16.2. The molecule has 0 aromatic carbocycles. The summed E-state index contributed by atoms with van der Waals surface area (Å²) in [6.45, 7) is 15.4. The van der Waals surface area contributed by atoms with Crippen LogP contribution in [0.15, 0.2) is 0 Å². The van der Waals surface area contributed by atoms with Crippen LogP contribution < -0.4 is 11.3 Å². The highest BCUT2D eigenvalue weighted by molar-refractivity contribution is 5.78. The summed E-state index contributed by atoms with van der Waals surface area (Å²) in [5.41, 5.74) is 2.50. The van der Waals surface area contributed by atoms with E-state index in [9.17, 15) is 4.79 Å². The summed E-state index contributed by atoms with van der Waals surface area (Å²) < 4.78 is 0. The quantitative estimate of drug-likeness (QED) is 0.416. The summed E-state index contributed by atoms with van der Waals surface area (Å²) in [5.74, 6) is 5.89. The average Bonchev–Trinajstić information content (AvgIpc) is 2.23. The van der Waals surface area contributed by atoms with Crippen molar-refractivity contribution < 1.29 is 4.79 Å². The van der Waals surface area contributed by atoms with E-state index in [0.717, 1.165) is 19.3 Å². The second-order valence-corrected chi connectivity index (χ2v) is 7.37. The zero-order valence-electron chi connectivity index (χ0n) is 13.3. The molecule has 0 aromatic heterocycles. The third-order valence-corrected chi connectivity index (χ3v) is 4.05. The molecule has 0 fully saturated rings. The van der Waals surface area contributed by atoms with Crippen molar-refractivity contribution in [3.05, 3.63) is 0 Å². The molecule has 0 spiro atoms. The molecule has 1 amide bonds.